The Morgan fingerprint density at radius 2 is 1.91 bits per heavy atom. The van der Waals surface area contributed by atoms with Crippen LogP contribution in [-0.2, 0) is 11.2 Å². The Morgan fingerprint density at radius 1 is 1.26 bits per heavy atom. The third-order valence-electron chi connectivity index (χ3n) is 3.34. The first-order valence-corrected chi connectivity index (χ1v) is 7.06. The number of nitrogens with one attached hydrogen (secondary N) is 2. The number of aryl methyl sites for hydroxylation is 1. The van der Waals surface area contributed by atoms with Crippen LogP contribution < -0.4 is 10.6 Å². The Bertz CT molecular complexity index is 603. The van der Waals surface area contributed by atoms with E-state index in [1.807, 2.05) is 51.2 Å². The van der Waals surface area contributed by atoms with E-state index in [0.717, 1.165) is 5.56 Å². The zero-order valence-electron chi connectivity index (χ0n) is 13.5. The van der Waals surface area contributed by atoms with Crippen molar-refractivity contribution >= 4 is 30.7 Å². The molecule has 0 saturated heterocycles. The summed E-state index contributed by atoms with van der Waals surface area (Å²) in [5, 5.41) is 5.95. The lowest BCUT2D eigenvalue weighted by Gasteiger charge is -2.10. The summed E-state index contributed by atoms with van der Waals surface area (Å²) in [5.74, 6) is 1.19. The van der Waals surface area contributed by atoms with Crippen molar-refractivity contribution in [3.8, 4) is 11.5 Å². The van der Waals surface area contributed by atoms with Gasteiger partial charge in [-0.05, 0) is 33.0 Å². The minimum Gasteiger partial charge on any atom is -0.441 e. The minimum absolute atomic E-state index is 0. The largest absolute Gasteiger partial charge is 0.441 e. The molecule has 0 radical (unpaired) electrons. The van der Waals surface area contributed by atoms with Gasteiger partial charge in [-0.2, -0.15) is 0 Å². The fraction of sp³-hybridized carbons (Fsp3) is 0.375. The van der Waals surface area contributed by atoms with E-state index in [1.54, 1.807) is 0 Å². The number of aromatic nitrogens is 1. The predicted octanol–water partition coefficient (Wildman–Crippen LogP) is 2.76. The standard InChI is InChI=1S/C16H21N3O2.2ClH/c1-11(17-3)10-18-15(20)9-14-12(2)21-16(19-14)13-7-5-4-6-8-13;;/h4-8,11,17H,9-10H2,1-3H3,(H,18,20);2*1H. The minimum atomic E-state index is -0.0480. The highest BCUT2D eigenvalue weighted by atomic mass is 35.5. The molecule has 1 aromatic carbocycles. The van der Waals surface area contributed by atoms with Gasteiger partial charge in [-0.3, -0.25) is 4.79 Å². The number of hydrogen-bond donors (Lipinski definition) is 2. The van der Waals surface area contributed by atoms with Crippen molar-refractivity contribution in [2.45, 2.75) is 26.3 Å². The number of nitrogens with zero attached hydrogens (tertiary/aromatic N) is 1. The van der Waals surface area contributed by atoms with E-state index < -0.39 is 0 Å². The first kappa shape index (κ1) is 21.4. The maximum atomic E-state index is 11.9. The molecule has 7 heteroatoms. The van der Waals surface area contributed by atoms with Gasteiger partial charge in [0.15, 0.2) is 0 Å². The second-order valence-electron chi connectivity index (χ2n) is 5.06. The van der Waals surface area contributed by atoms with Crippen molar-refractivity contribution in [1.29, 1.82) is 0 Å². The van der Waals surface area contributed by atoms with E-state index in [4.69, 9.17) is 4.42 Å². The molecule has 2 rings (SSSR count). The lowest BCUT2D eigenvalue weighted by Crippen LogP contribution is -2.37. The van der Waals surface area contributed by atoms with Crippen molar-refractivity contribution in [3.05, 3.63) is 41.8 Å². The molecule has 1 aromatic heterocycles. The molecule has 23 heavy (non-hydrogen) atoms. The molecular weight excluding hydrogens is 337 g/mol. The first-order valence-electron chi connectivity index (χ1n) is 7.06. The monoisotopic (exact) mass is 359 g/mol. The summed E-state index contributed by atoms with van der Waals surface area (Å²) in [7, 11) is 1.87. The fourth-order valence-corrected chi connectivity index (χ4v) is 1.88. The van der Waals surface area contributed by atoms with Gasteiger partial charge < -0.3 is 15.1 Å². The average molecular weight is 360 g/mol. The van der Waals surface area contributed by atoms with Crippen LogP contribution in [0.2, 0.25) is 0 Å². The smallest absolute Gasteiger partial charge is 0.226 e. The molecule has 5 nitrogen and oxygen atoms in total. The first-order chi connectivity index (χ1) is 10.1. The molecule has 1 unspecified atom stereocenters. The van der Waals surface area contributed by atoms with Crippen LogP contribution in [0.4, 0.5) is 0 Å². The van der Waals surface area contributed by atoms with Crippen LogP contribution in [0, 0.1) is 6.92 Å². The number of hydrogen-bond acceptors (Lipinski definition) is 4. The number of amides is 1. The fourth-order valence-electron chi connectivity index (χ4n) is 1.88. The van der Waals surface area contributed by atoms with E-state index in [1.165, 1.54) is 0 Å². The zero-order valence-corrected chi connectivity index (χ0v) is 15.1. The third kappa shape index (κ3) is 6.22. The summed E-state index contributed by atoms with van der Waals surface area (Å²) < 4.78 is 5.64. The van der Waals surface area contributed by atoms with Crippen LogP contribution in [-0.4, -0.2) is 30.5 Å². The quantitative estimate of drug-likeness (QED) is 0.831. The average Bonchev–Trinajstić information content (AvgIpc) is 2.86. The Morgan fingerprint density at radius 3 is 2.52 bits per heavy atom. The Kier molecular flexibility index (Phi) is 9.56. The van der Waals surface area contributed by atoms with Gasteiger partial charge in [0.05, 0.1) is 12.1 Å². The van der Waals surface area contributed by atoms with E-state index in [0.29, 0.717) is 23.9 Å². The van der Waals surface area contributed by atoms with Crippen molar-refractivity contribution in [2.75, 3.05) is 13.6 Å². The van der Waals surface area contributed by atoms with Crippen molar-refractivity contribution < 1.29 is 9.21 Å². The third-order valence-corrected chi connectivity index (χ3v) is 3.34. The normalized spacial score (nSPS) is 11.1. The summed E-state index contributed by atoms with van der Waals surface area (Å²) in [6.07, 6.45) is 0.235. The molecule has 1 amide bonds. The molecule has 128 valence electrons. The van der Waals surface area contributed by atoms with Gasteiger partial charge in [0, 0.05) is 18.2 Å². The van der Waals surface area contributed by atoms with Crippen LogP contribution in [0.3, 0.4) is 0 Å². The molecule has 0 spiro atoms. The second-order valence-corrected chi connectivity index (χ2v) is 5.06. The van der Waals surface area contributed by atoms with Gasteiger partial charge >= 0.3 is 0 Å². The number of oxazole rings is 1. The molecule has 1 heterocycles. The number of carbonyl (C=O) groups excluding carboxylic acids is 1. The lowest BCUT2D eigenvalue weighted by atomic mass is 10.2. The van der Waals surface area contributed by atoms with E-state index in [-0.39, 0.29) is 43.2 Å². The van der Waals surface area contributed by atoms with E-state index in [2.05, 4.69) is 15.6 Å². The molecule has 0 aliphatic rings. The molecule has 0 saturated carbocycles. The Labute approximate surface area is 149 Å². The molecule has 2 aromatic rings. The van der Waals surface area contributed by atoms with Crippen LogP contribution >= 0.6 is 24.8 Å². The highest BCUT2D eigenvalue weighted by molar-refractivity contribution is 5.85. The van der Waals surface area contributed by atoms with Crippen LogP contribution in [0.1, 0.15) is 18.4 Å². The number of likely N-dealkylation sites (N-methyl/N-ethyl adjacent to an activating group) is 1. The number of halogens is 2. The molecule has 1 atom stereocenters. The number of benzene rings is 1. The Balaban J connectivity index is 0.00000242. The summed E-state index contributed by atoms with van der Waals surface area (Å²) in [6, 6.07) is 9.91. The van der Waals surface area contributed by atoms with Gasteiger partial charge in [0.2, 0.25) is 11.8 Å². The second kappa shape index (κ2) is 10.3. The summed E-state index contributed by atoms with van der Waals surface area (Å²) in [6.45, 7) is 4.44. The number of carbonyl (C=O) groups is 1. The maximum absolute atomic E-state index is 11.9. The highest BCUT2D eigenvalue weighted by Gasteiger charge is 2.14. The van der Waals surface area contributed by atoms with Gasteiger partial charge in [-0.15, -0.1) is 24.8 Å². The van der Waals surface area contributed by atoms with Crippen molar-refractivity contribution in [1.82, 2.24) is 15.6 Å². The van der Waals surface area contributed by atoms with Gasteiger partial charge in [-0.25, -0.2) is 4.98 Å². The topological polar surface area (TPSA) is 67.2 Å². The highest BCUT2D eigenvalue weighted by Crippen LogP contribution is 2.21. The summed E-state index contributed by atoms with van der Waals surface area (Å²) >= 11 is 0. The van der Waals surface area contributed by atoms with Crippen LogP contribution in [0.15, 0.2) is 34.7 Å². The van der Waals surface area contributed by atoms with E-state index >= 15 is 0 Å². The van der Waals surface area contributed by atoms with Crippen LogP contribution in [0.25, 0.3) is 11.5 Å². The molecule has 0 bridgehead atoms. The van der Waals surface area contributed by atoms with Gasteiger partial charge in [-0.1, -0.05) is 18.2 Å². The van der Waals surface area contributed by atoms with E-state index in [9.17, 15) is 4.79 Å². The SMILES string of the molecule is CNC(C)CNC(=O)Cc1nc(-c2ccccc2)oc1C.Cl.Cl. The van der Waals surface area contributed by atoms with Crippen molar-refractivity contribution in [3.63, 3.8) is 0 Å². The molecule has 0 aliphatic heterocycles. The number of rotatable bonds is 6. The van der Waals surface area contributed by atoms with Gasteiger partial charge in [0.1, 0.15) is 5.76 Å². The molecule has 0 fully saturated rings. The summed E-state index contributed by atoms with van der Waals surface area (Å²) in [5.41, 5.74) is 1.60. The summed E-state index contributed by atoms with van der Waals surface area (Å²) in [4.78, 5) is 16.3. The lowest BCUT2D eigenvalue weighted by molar-refractivity contribution is -0.120. The van der Waals surface area contributed by atoms with Crippen LogP contribution in [0.5, 0.6) is 0 Å². The molecule has 2 N–H and O–H groups in total. The molecular formula is C16H23Cl2N3O2. The molecule has 0 aliphatic carbocycles. The van der Waals surface area contributed by atoms with Gasteiger partial charge in [0.25, 0.3) is 0 Å². The zero-order chi connectivity index (χ0) is 15.2. The maximum Gasteiger partial charge on any atom is 0.226 e. The predicted molar refractivity (Wildman–Crippen MR) is 96.4 cm³/mol. The van der Waals surface area contributed by atoms with Crippen molar-refractivity contribution in [2.24, 2.45) is 0 Å². The Hall–Kier alpha value is -1.56.